The molecule has 2 saturated heterocycles. The van der Waals surface area contributed by atoms with E-state index in [4.69, 9.17) is 0 Å². The van der Waals surface area contributed by atoms with E-state index in [9.17, 15) is 9.59 Å². The van der Waals surface area contributed by atoms with Crippen molar-refractivity contribution in [1.82, 2.24) is 20.4 Å². The fourth-order valence-electron chi connectivity index (χ4n) is 2.97. The summed E-state index contributed by atoms with van der Waals surface area (Å²) in [6.45, 7) is 5.75. The van der Waals surface area contributed by atoms with Crippen LogP contribution in [0.4, 0.5) is 4.79 Å². The second-order valence-electron chi connectivity index (χ2n) is 6.20. The van der Waals surface area contributed by atoms with E-state index < -0.39 is 0 Å². The lowest BCUT2D eigenvalue weighted by molar-refractivity contribution is -0.126. The number of likely N-dealkylation sites (N-methyl/N-ethyl adjacent to an activating group) is 1. The van der Waals surface area contributed by atoms with Crippen LogP contribution in [0.15, 0.2) is 0 Å². The topological polar surface area (TPSA) is 64.7 Å². The number of rotatable bonds is 4. The van der Waals surface area contributed by atoms with Gasteiger partial charge in [-0.15, -0.1) is 0 Å². The second kappa shape index (κ2) is 7.64. The molecule has 0 spiro atoms. The zero-order valence-electron chi connectivity index (χ0n) is 13.2. The third-order valence-electron chi connectivity index (χ3n) is 4.51. The van der Waals surface area contributed by atoms with Gasteiger partial charge in [0, 0.05) is 38.8 Å². The van der Waals surface area contributed by atoms with Crippen LogP contribution in [0, 0.1) is 5.92 Å². The van der Waals surface area contributed by atoms with Crippen LogP contribution in [0.2, 0.25) is 0 Å². The Morgan fingerprint density at radius 3 is 2.48 bits per heavy atom. The first-order chi connectivity index (χ1) is 10.1. The maximum Gasteiger partial charge on any atom is 0.320 e. The third-order valence-corrected chi connectivity index (χ3v) is 4.51. The van der Waals surface area contributed by atoms with Crippen molar-refractivity contribution in [3.8, 4) is 0 Å². The molecule has 2 unspecified atom stereocenters. The number of carbonyl (C=O) groups is 2. The lowest BCUT2D eigenvalue weighted by Crippen LogP contribution is -2.50. The Bertz CT molecular complexity index is 369. The Balaban J connectivity index is 1.82. The molecule has 3 amide bonds. The summed E-state index contributed by atoms with van der Waals surface area (Å²) >= 11 is 0. The van der Waals surface area contributed by atoms with Crippen molar-refractivity contribution in [3.63, 3.8) is 0 Å². The molecule has 2 atom stereocenters. The average molecular weight is 296 g/mol. The number of nitrogens with one attached hydrogen (secondary N) is 2. The number of hydrogen-bond donors (Lipinski definition) is 2. The van der Waals surface area contributed by atoms with E-state index in [1.165, 1.54) is 0 Å². The molecule has 0 aliphatic carbocycles. The predicted molar refractivity (Wildman–Crippen MR) is 82.0 cm³/mol. The molecule has 0 aromatic heterocycles. The second-order valence-corrected chi connectivity index (χ2v) is 6.20. The summed E-state index contributed by atoms with van der Waals surface area (Å²) in [7, 11) is 1.88. The van der Waals surface area contributed by atoms with E-state index in [2.05, 4.69) is 10.6 Å². The fraction of sp³-hybridized carbons (Fsp3) is 0.867. The van der Waals surface area contributed by atoms with Gasteiger partial charge in [-0.3, -0.25) is 4.79 Å². The molecule has 120 valence electrons. The Hall–Kier alpha value is -1.30. The summed E-state index contributed by atoms with van der Waals surface area (Å²) in [6.07, 6.45) is 4.00. The quantitative estimate of drug-likeness (QED) is 0.800. The Morgan fingerprint density at radius 1 is 1.14 bits per heavy atom. The number of urea groups is 1. The van der Waals surface area contributed by atoms with Gasteiger partial charge >= 0.3 is 6.03 Å². The van der Waals surface area contributed by atoms with Gasteiger partial charge in [0.05, 0.1) is 5.92 Å². The SMILES string of the molecule is CNC(C)CNC(=O)C1CCCN(C(=O)N2CCCC2)C1. The van der Waals surface area contributed by atoms with E-state index in [1.54, 1.807) is 0 Å². The molecular formula is C15H28N4O2. The van der Waals surface area contributed by atoms with Crippen LogP contribution in [0.3, 0.4) is 0 Å². The molecule has 0 saturated carbocycles. The van der Waals surface area contributed by atoms with Gasteiger partial charge in [-0.25, -0.2) is 4.79 Å². The summed E-state index contributed by atoms with van der Waals surface area (Å²) < 4.78 is 0. The van der Waals surface area contributed by atoms with E-state index in [1.807, 2.05) is 23.8 Å². The summed E-state index contributed by atoms with van der Waals surface area (Å²) in [5.74, 6) is 0.0189. The van der Waals surface area contributed by atoms with Gasteiger partial charge in [-0.05, 0) is 39.7 Å². The molecule has 2 N–H and O–H groups in total. The predicted octanol–water partition coefficient (Wildman–Crippen LogP) is 0.638. The molecule has 2 heterocycles. The highest BCUT2D eigenvalue weighted by Gasteiger charge is 2.31. The van der Waals surface area contributed by atoms with Gasteiger partial charge in [0.25, 0.3) is 0 Å². The summed E-state index contributed by atoms with van der Waals surface area (Å²) in [4.78, 5) is 28.4. The third kappa shape index (κ3) is 4.33. The normalized spacial score (nSPS) is 24.0. The highest BCUT2D eigenvalue weighted by atomic mass is 16.2. The number of carbonyl (C=O) groups excluding carboxylic acids is 2. The van der Waals surface area contributed by atoms with Gasteiger partial charge in [0.2, 0.25) is 5.91 Å². The summed E-state index contributed by atoms with van der Waals surface area (Å²) in [5.41, 5.74) is 0. The fourth-order valence-corrected chi connectivity index (χ4v) is 2.97. The largest absolute Gasteiger partial charge is 0.354 e. The van der Waals surface area contributed by atoms with Crippen LogP contribution >= 0.6 is 0 Å². The van der Waals surface area contributed by atoms with Crippen molar-refractivity contribution >= 4 is 11.9 Å². The Labute approximate surface area is 127 Å². The van der Waals surface area contributed by atoms with Crippen molar-refractivity contribution in [2.75, 3.05) is 39.8 Å². The van der Waals surface area contributed by atoms with E-state index in [0.717, 1.165) is 45.3 Å². The highest BCUT2D eigenvalue weighted by molar-refractivity contribution is 5.81. The molecule has 21 heavy (non-hydrogen) atoms. The maximum absolute atomic E-state index is 12.4. The Kier molecular flexibility index (Phi) is 5.85. The van der Waals surface area contributed by atoms with E-state index >= 15 is 0 Å². The average Bonchev–Trinajstić information content (AvgIpc) is 3.06. The molecule has 0 aromatic rings. The molecular weight excluding hydrogens is 268 g/mol. The van der Waals surface area contributed by atoms with E-state index in [-0.39, 0.29) is 23.9 Å². The number of piperidine rings is 1. The minimum atomic E-state index is -0.0608. The maximum atomic E-state index is 12.4. The smallest absolute Gasteiger partial charge is 0.320 e. The molecule has 2 rings (SSSR count). The lowest BCUT2D eigenvalue weighted by atomic mass is 9.97. The highest BCUT2D eigenvalue weighted by Crippen LogP contribution is 2.19. The Morgan fingerprint density at radius 2 is 1.81 bits per heavy atom. The molecule has 0 bridgehead atoms. The van der Waals surface area contributed by atoms with Gasteiger partial charge in [0.1, 0.15) is 0 Å². The number of hydrogen-bond acceptors (Lipinski definition) is 3. The van der Waals surface area contributed by atoms with Crippen molar-refractivity contribution < 1.29 is 9.59 Å². The van der Waals surface area contributed by atoms with Gasteiger partial charge < -0.3 is 20.4 Å². The monoisotopic (exact) mass is 296 g/mol. The molecule has 6 heteroatoms. The first-order valence-corrected chi connectivity index (χ1v) is 8.10. The van der Waals surface area contributed by atoms with Crippen molar-refractivity contribution in [2.45, 2.75) is 38.6 Å². The zero-order valence-corrected chi connectivity index (χ0v) is 13.2. The number of amides is 3. The standard InChI is InChI=1S/C15H28N4O2/c1-12(16-2)10-17-14(20)13-6-5-9-19(11-13)15(21)18-7-3-4-8-18/h12-13,16H,3-11H2,1-2H3,(H,17,20). The molecule has 0 aromatic carbocycles. The van der Waals surface area contributed by atoms with Crippen LogP contribution in [0.5, 0.6) is 0 Å². The molecule has 6 nitrogen and oxygen atoms in total. The molecule has 2 aliphatic rings. The van der Waals surface area contributed by atoms with Crippen LogP contribution in [0.25, 0.3) is 0 Å². The van der Waals surface area contributed by atoms with Gasteiger partial charge in [-0.2, -0.15) is 0 Å². The molecule has 0 radical (unpaired) electrons. The molecule has 2 fully saturated rings. The summed E-state index contributed by atoms with van der Waals surface area (Å²) in [6, 6.07) is 0.383. The minimum absolute atomic E-state index is 0.0608. The minimum Gasteiger partial charge on any atom is -0.354 e. The molecule has 2 aliphatic heterocycles. The first-order valence-electron chi connectivity index (χ1n) is 8.10. The van der Waals surface area contributed by atoms with Gasteiger partial charge in [0.15, 0.2) is 0 Å². The van der Waals surface area contributed by atoms with E-state index in [0.29, 0.717) is 13.1 Å². The number of nitrogens with zero attached hydrogens (tertiary/aromatic N) is 2. The summed E-state index contributed by atoms with van der Waals surface area (Å²) in [5, 5.41) is 6.08. The zero-order chi connectivity index (χ0) is 15.2. The van der Waals surface area contributed by atoms with Crippen molar-refractivity contribution in [3.05, 3.63) is 0 Å². The van der Waals surface area contributed by atoms with Crippen LogP contribution < -0.4 is 10.6 Å². The van der Waals surface area contributed by atoms with Crippen LogP contribution in [0.1, 0.15) is 32.6 Å². The number of likely N-dealkylation sites (tertiary alicyclic amines) is 2. The van der Waals surface area contributed by atoms with Crippen molar-refractivity contribution in [1.29, 1.82) is 0 Å². The van der Waals surface area contributed by atoms with Crippen molar-refractivity contribution in [2.24, 2.45) is 5.92 Å². The van der Waals surface area contributed by atoms with Crippen LogP contribution in [-0.2, 0) is 4.79 Å². The first kappa shape index (κ1) is 16.1. The van der Waals surface area contributed by atoms with Crippen LogP contribution in [-0.4, -0.2) is 67.6 Å². The van der Waals surface area contributed by atoms with Gasteiger partial charge in [-0.1, -0.05) is 0 Å². The lowest BCUT2D eigenvalue weighted by Gasteiger charge is -2.34.